The van der Waals surface area contributed by atoms with Crippen molar-refractivity contribution in [3.8, 4) is 0 Å². The van der Waals surface area contributed by atoms with Gasteiger partial charge < -0.3 is 16.0 Å². The predicted octanol–water partition coefficient (Wildman–Crippen LogP) is 0.658. The molecule has 0 atom stereocenters. The zero-order valence-electron chi connectivity index (χ0n) is 12.6. The molecule has 0 aliphatic carbocycles. The summed E-state index contributed by atoms with van der Waals surface area (Å²) >= 11 is 0. The maximum absolute atomic E-state index is 4.51. The van der Waals surface area contributed by atoms with Gasteiger partial charge in [-0.05, 0) is 7.05 Å². The van der Waals surface area contributed by atoms with Crippen molar-refractivity contribution in [2.45, 2.75) is 6.54 Å². The highest BCUT2D eigenvalue weighted by atomic mass is 15.3. The third-order valence-electron chi connectivity index (χ3n) is 3.13. The van der Waals surface area contributed by atoms with Crippen LogP contribution in [0.15, 0.2) is 18.6 Å². The Hall–Kier alpha value is -2.81. The minimum absolute atomic E-state index is 0.518. The molecule has 3 heterocycles. The van der Waals surface area contributed by atoms with Gasteiger partial charge >= 0.3 is 0 Å². The van der Waals surface area contributed by atoms with Crippen LogP contribution in [0.3, 0.4) is 0 Å². The Labute approximate surface area is 127 Å². The van der Waals surface area contributed by atoms with E-state index in [0.29, 0.717) is 24.1 Å². The van der Waals surface area contributed by atoms with Crippen LogP contribution in [0.25, 0.3) is 11.0 Å². The molecular formula is C13H17N9. The molecule has 0 saturated heterocycles. The number of aromatic nitrogens is 6. The number of aryl methyl sites for hydroxylation is 1. The van der Waals surface area contributed by atoms with E-state index >= 15 is 0 Å². The second-order valence-electron chi connectivity index (χ2n) is 4.66. The van der Waals surface area contributed by atoms with Crippen LogP contribution in [-0.4, -0.2) is 43.8 Å². The van der Waals surface area contributed by atoms with E-state index in [4.69, 9.17) is 0 Å². The molecule has 3 aromatic rings. The van der Waals surface area contributed by atoms with E-state index in [2.05, 4.69) is 41.0 Å². The first-order chi connectivity index (χ1) is 10.7. The molecule has 0 unspecified atom stereocenters. The minimum atomic E-state index is 0.518. The summed E-state index contributed by atoms with van der Waals surface area (Å²) in [5.41, 5.74) is 2.47. The average Bonchev–Trinajstić information content (AvgIpc) is 2.85. The van der Waals surface area contributed by atoms with Crippen molar-refractivity contribution in [1.29, 1.82) is 0 Å². The summed E-state index contributed by atoms with van der Waals surface area (Å²) in [6, 6.07) is 0. The van der Waals surface area contributed by atoms with Crippen LogP contribution in [0.4, 0.5) is 17.6 Å². The minimum Gasteiger partial charge on any atom is -0.357 e. The Morgan fingerprint density at radius 1 is 1.18 bits per heavy atom. The van der Waals surface area contributed by atoms with Crippen LogP contribution < -0.4 is 16.0 Å². The van der Waals surface area contributed by atoms with Crippen LogP contribution in [-0.2, 0) is 13.6 Å². The van der Waals surface area contributed by atoms with E-state index in [0.717, 1.165) is 16.7 Å². The van der Waals surface area contributed by atoms with Crippen molar-refractivity contribution < 1.29 is 0 Å². The van der Waals surface area contributed by atoms with E-state index in [-0.39, 0.29) is 0 Å². The number of fused-ring (bicyclic) bond motifs is 1. The summed E-state index contributed by atoms with van der Waals surface area (Å²) in [6.45, 7) is 0.627. The Morgan fingerprint density at radius 3 is 2.73 bits per heavy atom. The highest BCUT2D eigenvalue weighted by molar-refractivity contribution is 5.90. The fourth-order valence-corrected chi connectivity index (χ4v) is 2.21. The first-order valence-corrected chi connectivity index (χ1v) is 6.82. The summed E-state index contributed by atoms with van der Waals surface area (Å²) in [6.07, 6.45) is 4.88. The van der Waals surface area contributed by atoms with Crippen molar-refractivity contribution >= 4 is 28.6 Å². The lowest BCUT2D eigenvalue weighted by Crippen LogP contribution is -2.07. The number of anilines is 3. The van der Waals surface area contributed by atoms with Crippen LogP contribution >= 0.6 is 0 Å². The van der Waals surface area contributed by atoms with Crippen molar-refractivity contribution in [3.05, 3.63) is 24.3 Å². The summed E-state index contributed by atoms with van der Waals surface area (Å²) in [5, 5.41) is 13.7. The molecule has 0 aromatic carbocycles. The molecule has 0 spiro atoms. The Bertz CT molecular complexity index is 781. The van der Waals surface area contributed by atoms with Crippen LogP contribution in [0, 0.1) is 0 Å². The smallest absolute Gasteiger partial charge is 0.225 e. The van der Waals surface area contributed by atoms with Crippen molar-refractivity contribution in [1.82, 2.24) is 35.0 Å². The van der Waals surface area contributed by atoms with Gasteiger partial charge in [0.25, 0.3) is 0 Å². The fraction of sp³-hybridized carbons (Fsp3) is 0.308. The maximum atomic E-state index is 4.51. The standard InChI is InChI=1S/C13H17N9/c1-14-6-8-10-11(22(3)21-8)12(20-13(15-2)19-10)18-9-7-16-4-5-17-9/h4-5,7,14H,6H2,1-3H3,(H2,15,17,18,19,20). The monoisotopic (exact) mass is 299 g/mol. The zero-order valence-corrected chi connectivity index (χ0v) is 12.6. The van der Waals surface area contributed by atoms with Gasteiger partial charge in [0.1, 0.15) is 22.5 Å². The summed E-state index contributed by atoms with van der Waals surface area (Å²) in [5.74, 6) is 1.76. The van der Waals surface area contributed by atoms with E-state index in [1.165, 1.54) is 0 Å². The predicted molar refractivity (Wildman–Crippen MR) is 83.9 cm³/mol. The summed E-state index contributed by atoms with van der Waals surface area (Å²) in [4.78, 5) is 17.2. The van der Waals surface area contributed by atoms with Crippen molar-refractivity contribution in [2.24, 2.45) is 7.05 Å². The molecule has 3 rings (SSSR count). The largest absolute Gasteiger partial charge is 0.357 e. The average molecular weight is 299 g/mol. The van der Waals surface area contributed by atoms with Gasteiger partial charge in [-0.15, -0.1) is 0 Å². The summed E-state index contributed by atoms with van der Waals surface area (Å²) in [7, 11) is 5.52. The highest BCUT2D eigenvalue weighted by Gasteiger charge is 2.17. The molecule has 0 bridgehead atoms. The molecule has 0 saturated carbocycles. The topological polar surface area (TPSA) is 105 Å². The molecule has 0 amide bonds. The van der Waals surface area contributed by atoms with E-state index in [1.807, 2.05) is 14.1 Å². The van der Waals surface area contributed by atoms with E-state index in [1.54, 1.807) is 30.3 Å². The Morgan fingerprint density at radius 2 is 2.05 bits per heavy atom. The quantitative estimate of drug-likeness (QED) is 0.631. The third kappa shape index (κ3) is 2.53. The first-order valence-electron chi connectivity index (χ1n) is 6.82. The Balaban J connectivity index is 2.15. The number of hydrogen-bond acceptors (Lipinski definition) is 8. The number of nitrogens with one attached hydrogen (secondary N) is 3. The van der Waals surface area contributed by atoms with Gasteiger partial charge in [-0.3, -0.25) is 9.67 Å². The number of nitrogens with zero attached hydrogens (tertiary/aromatic N) is 6. The van der Waals surface area contributed by atoms with Gasteiger partial charge in [-0.1, -0.05) is 0 Å². The SMILES string of the molecule is CNCc1nn(C)c2c(Nc3cnccn3)nc(NC)nc12. The summed E-state index contributed by atoms with van der Waals surface area (Å²) < 4.78 is 1.76. The van der Waals surface area contributed by atoms with Crippen molar-refractivity contribution in [2.75, 3.05) is 24.7 Å². The fourth-order valence-electron chi connectivity index (χ4n) is 2.21. The lowest BCUT2D eigenvalue weighted by molar-refractivity contribution is 0.726. The van der Waals surface area contributed by atoms with Gasteiger partial charge in [0.2, 0.25) is 5.95 Å². The lowest BCUT2D eigenvalue weighted by atomic mass is 10.3. The molecule has 0 radical (unpaired) electrons. The molecule has 114 valence electrons. The van der Waals surface area contributed by atoms with Crippen LogP contribution in [0.5, 0.6) is 0 Å². The lowest BCUT2D eigenvalue weighted by Gasteiger charge is -2.08. The maximum Gasteiger partial charge on any atom is 0.225 e. The molecule has 0 aliphatic heterocycles. The van der Waals surface area contributed by atoms with Crippen LogP contribution in [0.2, 0.25) is 0 Å². The molecule has 9 nitrogen and oxygen atoms in total. The molecule has 3 aromatic heterocycles. The van der Waals surface area contributed by atoms with Gasteiger partial charge in [-0.25, -0.2) is 9.97 Å². The van der Waals surface area contributed by atoms with E-state index in [9.17, 15) is 0 Å². The van der Waals surface area contributed by atoms with Crippen LogP contribution in [0.1, 0.15) is 5.69 Å². The van der Waals surface area contributed by atoms with Gasteiger partial charge in [0.15, 0.2) is 5.82 Å². The molecule has 3 N–H and O–H groups in total. The van der Waals surface area contributed by atoms with E-state index < -0.39 is 0 Å². The molecular weight excluding hydrogens is 282 g/mol. The van der Waals surface area contributed by atoms with Gasteiger partial charge in [0, 0.05) is 33.0 Å². The van der Waals surface area contributed by atoms with Gasteiger partial charge in [-0.2, -0.15) is 10.1 Å². The first kappa shape index (κ1) is 14.1. The molecule has 0 fully saturated rings. The molecule has 22 heavy (non-hydrogen) atoms. The Kier molecular flexibility index (Phi) is 3.79. The number of hydrogen-bond donors (Lipinski definition) is 3. The van der Waals surface area contributed by atoms with Crippen molar-refractivity contribution in [3.63, 3.8) is 0 Å². The second-order valence-corrected chi connectivity index (χ2v) is 4.66. The number of rotatable bonds is 5. The highest BCUT2D eigenvalue weighted by Crippen LogP contribution is 2.26. The third-order valence-corrected chi connectivity index (χ3v) is 3.13. The molecule has 9 heteroatoms. The zero-order chi connectivity index (χ0) is 15.5. The normalized spacial score (nSPS) is 10.9. The second kappa shape index (κ2) is 5.90. The molecule has 0 aliphatic rings. The van der Waals surface area contributed by atoms with Gasteiger partial charge in [0.05, 0.1) is 6.20 Å².